The first-order chi connectivity index (χ1) is 24.6. The fourth-order valence-corrected chi connectivity index (χ4v) is 6.27. The molecular formula is C39H38FN3O7S. The Hall–Kier alpha value is -5.88. The van der Waals surface area contributed by atoms with Crippen molar-refractivity contribution in [3.05, 3.63) is 150 Å². The molecule has 0 aliphatic carbocycles. The Morgan fingerprint density at radius 2 is 1.27 bits per heavy atom. The van der Waals surface area contributed by atoms with Crippen LogP contribution in [0.3, 0.4) is 0 Å². The number of halogens is 1. The zero-order valence-corrected chi connectivity index (χ0v) is 28.9. The van der Waals surface area contributed by atoms with Gasteiger partial charge in [-0.3, -0.25) is 14.3 Å². The molecule has 5 aromatic carbocycles. The Morgan fingerprint density at radius 1 is 0.706 bits per heavy atom. The van der Waals surface area contributed by atoms with E-state index in [1.807, 2.05) is 66.7 Å². The van der Waals surface area contributed by atoms with Crippen molar-refractivity contribution >= 4 is 27.5 Å². The molecule has 0 bridgehead atoms. The quantitative estimate of drug-likeness (QED) is 0.129. The summed E-state index contributed by atoms with van der Waals surface area (Å²) >= 11 is 0. The van der Waals surface area contributed by atoms with Gasteiger partial charge in [-0.2, -0.15) is 0 Å². The van der Waals surface area contributed by atoms with Crippen molar-refractivity contribution in [1.29, 1.82) is 0 Å². The Kier molecular flexibility index (Phi) is 12.3. The van der Waals surface area contributed by atoms with Crippen LogP contribution in [0.2, 0.25) is 0 Å². The van der Waals surface area contributed by atoms with Crippen LogP contribution in [-0.4, -0.2) is 52.0 Å². The molecule has 1 atom stereocenters. The van der Waals surface area contributed by atoms with Crippen LogP contribution in [0.1, 0.15) is 16.7 Å². The van der Waals surface area contributed by atoms with Crippen LogP contribution < -0.4 is 24.2 Å². The predicted octanol–water partition coefficient (Wildman–Crippen LogP) is 5.98. The van der Waals surface area contributed by atoms with Crippen molar-refractivity contribution in [2.75, 3.05) is 25.5 Å². The van der Waals surface area contributed by atoms with Crippen molar-refractivity contribution < 1.29 is 36.6 Å². The van der Waals surface area contributed by atoms with Crippen molar-refractivity contribution in [3.63, 3.8) is 0 Å². The number of sulfonamides is 1. The molecule has 12 heteroatoms. The maximum atomic E-state index is 14.0. The Bertz CT molecular complexity index is 1990. The van der Waals surface area contributed by atoms with Crippen molar-refractivity contribution in [2.24, 2.45) is 0 Å². The highest BCUT2D eigenvalue weighted by molar-refractivity contribution is 7.92. The monoisotopic (exact) mass is 711 g/mol. The molecule has 0 unspecified atom stereocenters. The van der Waals surface area contributed by atoms with Crippen molar-refractivity contribution in [1.82, 2.24) is 10.2 Å². The second-order valence-corrected chi connectivity index (χ2v) is 13.2. The molecular weight excluding hydrogens is 674 g/mol. The third kappa shape index (κ3) is 10.3. The van der Waals surface area contributed by atoms with Gasteiger partial charge in [-0.05, 0) is 89.5 Å². The number of ether oxygens (including phenoxy) is 3. The molecule has 0 aliphatic rings. The van der Waals surface area contributed by atoms with E-state index in [2.05, 4.69) is 10.0 Å². The fraction of sp³-hybridized carbons (Fsp3) is 0.179. The second kappa shape index (κ2) is 17.2. The van der Waals surface area contributed by atoms with Gasteiger partial charge in [0.15, 0.2) is 6.61 Å². The van der Waals surface area contributed by atoms with E-state index in [9.17, 15) is 22.4 Å². The number of carbonyl (C=O) groups excluding carboxylic acids is 2. The maximum absolute atomic E-state index is 14.0. The highest BCUT2D eigenvalue weighted by atomic mass is 32.2. The van der Waals surface area contributed by atoms with E-state index in [-0.39, 0.29) is 41.7 Å². The molecule has 51 heavy (non-hydrogen) atoms. The topological polar surface area (TPSA) is 123 Å². The van der Waals surface area contributed by atoms with Crippen molar-refractivity contribution in [3.8, 4) is 17.2 Å². The molecule has 0 saturated heterocycles. The van der Waals surface area contributed by atoms with Crippen LogP contribution in [-0.2, 0) is 39.1 Å². The molecule has 0 heterocycles. The molecule has 0 spiro atoms. The number of methoxy groups -OCH3 is 2. The van der Waals surface area contributed by atoms with Crippen LogP contribution in [0.4, 0.5) is 10.1 Å². The Balaban J connectivity index is 1.35. The predicted molar refractivity (Wildman–Crippen MR) is 191 cm³/mol. The van der Waals surface area contributed by atoms with E-state index in [4.69, 9.17) is 14.2 Å². The molecule has 5 aromatic rings. The second-order valence-electron chi connectivity index (χ2n) is 11.5. The van der Waals surface area contributed by atoms with Crippen LogP contribution in [0.5, 0.6) is 17.2 Å². The van der Waals surface area contributed by atoms with Gasteiger partial charge in [0.1, 0.15) is 29.1 Å². The highest BCUT2D eigenvalue weighted by Gasteiger charge is 2.31. The standard InChI is InChI=1S/C39H38FN3O7S/c1-48-33-16-8-29(9-17-33)25-41-39(45)37(24-28-6-4-3-5-7-28)43(26-30-10-18-34(49-2)19-11-30)38(44)27-50-35-20-22-36(23-21-35)51(46,47)42-32-14-12-31(40)13-15-32/h3-23,37,42H,24-27H2,1-2H3,(H,41,45)/t37-/m0/s1. The summed E-state index contributed by atoms with van der Waals surface area (Å²) in [7, 11) is -0.824. The van der Waals surface area contributed by atoms with Gasteiger partial charge in [0.2, 0.25) is 5.91 Å². The number of hydrogen-bond donors (Lipinski definition) is 2. The molecule has 0 aromatic heterocycles. The summed E-state index contributed by atoms with van der Waals surface area (Å²) in [5, 5.41) is 2.99. The summed E-state index contributed by atoms with van der Waals surface area (Å²) in [6.45, 7) is -0.0839. The zero-order chi connectivity index (χ0) is 36.2. The number of hydrogen-bond acceptors (Lipinski definition) is 7. The normalized spacial score (nSPS) is 11.6. The number of carbonyl (C=O) groups is 2. The molecule has 264 valence electrons. The Morgan fingerprint density at radius 3 is 1.86 bits per heavy atom. The molecule has 2 N–H and O–H groups in total. The van der Waals surface area contributed by atoms with Gasteiger partial charge in [-0.1, -0.05) is 54.6 Å². The van der Waals surface area contributed by atoms with Crippen LogP contribution in [0.25, 0.3) is 0 Å². The minimum atomic E-state index is -3.97. The number of rotatable bonds is 16. The summed E-state index contributed by atoms with van der Waals surface area (Å²) in [6.07, 6.45) is 0.241. The maximum Gasteiger partial charge on any atom is 0.261 e. The van der Waals surface area contributed by atoms with Crippen molar-refractivity contribution in [2.45, 2.75) is 30.4 Å². The number of anilines is 1. The number of benzene rings is 5. The van der Waals surface area contributed by atoms with E-state index >= 15 is 0 Å². The average molecular weight is 712 g/mol. The lowest BCUT2D eigenvalue weighted by molar-refractivity contribution is -0.142. The fourth-order valence-electron chi connectivity index (χ4n) is 5.21. The molecule has 5 rings (SSSR count). The lowest BCUT2D eigenvalue weighted by Gasteiger charge is -2.31. The van der Waals surface area contributed by atoms with Gasteiger partial charge in [-0.15, -0.1) is 0 Å². The molecule has 0 fully saturated rings. The van der Waals surface area contributed by atoms with Gasteiger partial charge >= 0.3 is 0 Å². The molecule has 0 saturated carbocycles. The number of nitrogens with zero attached hydrogens (tertiary/aromatic N) is 1. The van der Waals surface area contributed by atoms with Gasteiger partial charge in [0.05, 0.1) is 19.1 Å². The highest BCUT2D eigenvalue weighted by Crippen LogP contribution is 2.22. The summed E-state index contributed by atoms with van der Waals surface area (Å²) in [6, 6.07) is 33.6. The van der Waals surface area contributed by atoms with Crippen LogP contribution in [0.15, 0.2) is 132 Å². The van der Waals surface area contributed by atoms with Gasteiger partial charge in [0, 0.05) is 25.2 Å². The van der Waals surface area contributed by atoms with Crippen LogP contribution in [0, 0.1) is 5.82 Å². The smallest absolute Gasteiger partial charge is 0.261 e. The third-order valence-electron chi connectivity index (χ3n) is 8.00. The lowest BCUT2D eigenvalue weighted by Crippen LogP contribution is -2.51. The SMILES string of the molecule is COc1ccc(CNC(=O)[C@H](Cc2ccccc2)N(Cc2ccc(OC)cc2)C(=O)COc2ccc(S(=O)(=O)Nc3ccc(F)cc3)cc2)cc1. The van der Waals surface area contributed by atoms with E-state index in [1.165, 1.54) is 41.3 Å². The average Bonchev–Trinajstić information content (AvgIpc) is 3.16. The summed E-state index contributed by atoms with van der Waals surface area (Å²) in [5.74, 6) is 0.299. The Labute approximate surface area is 296 Å². The van der Waals surface area contributed by atoms with E-state index in [0.29, 0.717) is 11.5 Å². The number of amides is 2. The lowest BCUT2D eigenvalue weighted by atomic mass is 10.0. The largest absolute Gasteiger partial charge is 0.497 e. The first-order valence-corrected chi connectivity index (χ1v) is 17.5. The van der Waals surface area contributed by atoms with E-state index in [1.54, 1.807) is 26.4 Å². The van der Waals surface area contributed by atoms with Gasteiger partial charge in [0.25, 0.3) is 15.9 Å². The molecule has 0 aliphatic heterocycles. The third-order valence-corrected chi connectivity index (χ3v) is 9.40. The van der Waals surface area contributed by atoms with Gasteiger partial charge < -0.3 is 24.4 Å². The first kappa shape index (κ1) is 36.4. The summed E-state index contributed by atoms with van der Waals surface area (Å²) in [5.41, 5.74) is 2.70. The molecule has 10 nitrogen and oxygen atoms in total. The van der Waals surface area contributed by atoms with E-state index < -0.39 is 34.4 Å². The minimum absolute atomic E-state index is 0.0527. The van der Waals surface area contributed by atoms with Gasteiger partial charge in [-0.25, -0.2) is 12.8 Å². The summed E-state index contributed by atoms with van der Waals surface area (Å²) < 4.78 is 57.8. The van der Waals surface area contributed by atoms with Crippen LogP contribution >= 0.6 is 0 Å². The molecule has 0 radical (unpaired) electrons. The summed E-state index contributed by atoms with van der Waals surface area (Å²) in [4.78, 5) is 29.4. The molecule has 2 amide bonds. The first-order valence-electron chi connectivity index (χ1n) is 16.0. The minimum Gasteiger partial charge on any atom is -0.497 e. The van der Waals surface area contributed by atoms with E-state index in [0.717, 1.165) is 28.8 Å². The zero-order valence-electron chi connectivity index (χ0n) is 28.1. The number of nitrogens with one attached hydrogen (secondary N) is 2.